The van der Waals surface area contributed by atoms with Crippen LogP contribution < -0.4 is 10.1 Å². The Balaban J connectivity index is 1.68. The third kappa shape index (κ3) is 6.43. The van der Waals surface area contributed by atoms with Gasteiger partial charge in [-0.05, 0) is 75.6 Å². The molecular weight excluding hydrogens is 524 g/mol. The van der Waals surface area contributed by atoms with Crippen molar-refractivity contribution in [2.45, 2.75) is 57.1 Å². The highest BCUT2D eigenvalue weighted by molar-refractivity contribution is 7.89. The molecule has 1 aliphatic rings. The maximum atomic E-state index is 14.0. The van der Waals surface area contributed by atoms with Gasteiger partial charge >= 0.3 is 0 Å². The summed E-state index contributed by atoms with van der Waals surface area (Å²) >= 11 is 0. The summed E-state index contributed by atoms with van der Waals surface area (Å²) in [6.45, 7) is 9.62. The summed E-state index contributed by atoms with van der Waals surface area (Å²) in [5.41, 5.74) is 1.78. The van der Waals surface area contributed by atoms with Gasteiger partial charge in [0.05, 0.1) is 4.90 Å². The SMILES string of the molecule is CC(C)N(CCNC(=O)C1c2ccc(Oc3ccccc3)cc2CCN1S(=O)(=O)c1ccccc1C=N)C(C)C. The standard InChI is InChI=1S/C31H38N4O4S/c1-22(2)34(23(3)4)19-17-33-31(36)30-28-15-14-27(39-26-11-6-5-7-12-26)20-24(28)16-18-35(30)40(37,38)29-13-9-8-10-25(29)21-32/h5-15,20-23,30,32H,16-19H2,1-4H3,(H,33,36). The first kappa shape index (κ1) is 29.5. The van der Waals surface area contributed by atoms with Gasteiger partial charge in [-0.1, -0.05) is 42.5 Å². The highest BCUT2D eigenvalue weighted by Gasteiger charge is 2.41. The molecule has 0 saturated carbocycles. The van der Waals surface area contributed by atoms with E-state index in [9.17, 15) is 13.2 Å². The van der Waals surface area contributed by atoms with Crippen LogP contribution in [0.5, 0.6) is 11.5 Å². The second-order valence-corrected chi connectivity index (χ2v) is 12.3. The molecule has 1 atom stereocenters. The van der Waals surface area contributed by atoms with E-state index in [4.69, 9.17) is 10.1 Å². The minimum Gasteiger partial charge on any atom is -0.457 e. The molecule has 1 amide bonds. The maximum absolute atomic E-state index is 14.0. The lowest BCUT2D eigenvalue weighted by molar-refractivity contribution is -0.125. The van der Waals surface area contributed by atoms with Crippen LogP contribution in [0.3, 0.4) is 0 Å². The van der Waals surface area contributed by atoms with Crippen molar-refractivity contribution in [2.75, 3.05) is 19.6 Å². The van der Waals surface area contributed by atoms with Gasteiger partial charge in [-0.2, -0.15) is 4.31 Å². The molecule has 4 rings (SSSR count). The van der Waals surface area contributed by atoms with Crippen LogP contribution in [0.25, 0.3) is 0 Å². The van der Waals surface area contributed by atoms with Gasteiger partial charge in [0.2, 0.25) is 15.9 Å². The van der Waals surface area contributed by atoms with E-state index in [2.05, 4.69) is 37.9 Å². The number of nitrogens with one attached hydrogen (secondary N) is 2. The summed E-state index contributed by atoms with van der Waals surface area (Å²) in [6.07, 6.45) is 1.45. The first-order valence-electron chi connectivity index (χ1n) is 13.6. The number of para-hydroxylation sites is 1. The van der Waals surface area contributed by atoms with Gasteiger partial charge < -0.3 is 15.5 Å². The van der Waals surface area contributed by atoms with Crippen molar-refractivity contribution in [3.8, 4) is 11.5 Å². The van der Waals surface area contributed by atoms with Crippen LogP contribution in [-0.4, -0.2) is 61.5 Å². The van der Waals surface area contributed by atoms with Crippen molar-refractivity contribution < 1.29 is 17.9 Å². The molecule has 3 aromatic rings. The zero-order chi connectivity index (χ0) is 28.9. The molecule has 0 aromatic heterocycles. The Bertz CT molecular complexity index is 1430. The summed E-state index contributed by atoms with van der Waals surface area (Å²) in [6, 6.07) is 20.8. The van der Waals surface area contributed by atoms with Crippen LogP contribution in [0.1, 0.15) is 50.4 Å². The van der Waals surface area contributed by atoms with Crippen molar-refractivity contribution >= 4 is 22.1 Å². The van der Waals surface area contributed by atoms with Crippen molar-refractivity contribution in [1.29, 1.82) is 5.41 Å². The molecule has 9 heteroatoms. The fourth-order valence-corrected chi connectivity index (χ4v) is 7.02. The van der Waals surface area contributed by atoms with Crippen LogP contribution >= 0.6 is 0 Å². The van der Waals surface area contributed by atoms with Crippen molar-refractivity contribution in [3.63, 3.8) is 0 Å². The summed E-state index contributed by atoms with van der Waals surface area (Å²) in [5, 5.41) is 10.7. The van der Waals surface area contributed by atoms with Gasteiger partial charge in [-0.25, -0.2) is 8.42 Å². The molecule has 2 N–H and O–H groups in total. The van der Waals surface area contributed by atoms with E-state index in [1.807, 2.05) is 36.4 Å². The Morgan fingerprint density at radius 2 is 1.70 bits per heavy atom. The molecule has 0 fully saturated rings. The van der Waals surface area contributed by atoms with E-state index in [-0.39, 0.29) is 22.9 Å². The van der Waals surface area contributed by atoms with Crippen molar-refractivity contribution in [1.82, 2.24) is 14.5 Å². The minimum absolute atomic E-state index is 0.0149. The van der Waals surface area contributed by atoms with E-state index < -0.39 is 16.1 Å². The molecule has 212 valence electrons. The molecule has 0 aliphatic carbocycles. The molecule has 1 aliphatic heterocycles. The van der Waals surface area contributed by atoms with E-state index in [1.165, 1.54) is 10.4 Å². The minimum atomic E-state index is -4.09. The van der Waals surface area contributed by atoms with Gasteiger partial charge in [-0.15, -0.1) is 0 Å². The van der Waals surface area contributed by atoms with Gasteiger partial charge in [0.25, 0.3) is 0 Å². The average molecular weight is 563 g/mol. The lowest BCUT2D eigenvalue weighted by Crippen LogP contribution is -2.49. The van der Waals surface area contributed by atoms with Crippen molar-refractivity contribution in [2.24, 2.45) is 0 Å². The Labute approximate surface area is 237 Å². The third-order valence-electron chi connectivity index (χ3n) is 7.18. The van der Waals surface area contributed by atoms with E-state index in [0.29, 0.717) is 48.7 Å². The lowest BCUT2D eigenvalue weighted by Gasteiger charge is -2.36. The fourth-order valence-electron chi connectivity index (χ4n) is 5.28. The number of nitrogens with zero attached hydrogens (tertiary/aromatic N) is 2. The summed E-state index contributed by atoms with van der Waals surface area (Å²) < 4.78 is 35.2. The van der Waals surface area contributed by atoms with Gasteiger partial charge in [0.1, 0.15) is 17.5 Å². The third-order valence-corrected chi connectivity index (χ3v) is 9.12. The Hall–Kier alpha value is -3.53. The van der Waals surface area contributed by atoms with Crippen LogP contribution in [0, 0.1) is 5.41 Å². The molecule has 0 bridgehead atoms. The largest absolute Gasteiger partial charge is 0.457 e. The van der Waals surface area contributed by atoms with E-state index >= 15 is 0 Å². The molecule has 40 heavy (non-hydrogen) atoms. The summed E-state index contributed by atoms with van der Waals surface area (Å²) in [5.74, 6) is 0.944. The normalized spacial score (nSPS) is 15.7. The zero-order valence-corrected chi connectivity index (χ0v) is 24.3. The highest BCUT2D eigenvalue weighted by atomic mass is 32.2. The molecule has 0 spiro atoms. The van der Waals surface area contributed by atoms with E-state index in [0.717, 1.165) is 11.8 Å². The number of amides is 1. The number of hydrogen-bond acceptors (Lipinski definition) is 6. The predicted octanol–water partition coefficient (Wildman–Crippen LogP) is 5.00. The number of fused-ring (bicyclic) bond motifs is 1. The molecule has 1 heterocycles. The molecule has 3 aromatic carbocycles. The Morgan fingerprint density at radius 3 is 2.38 bits per heavy atom. The molecular formula is C31H38N4O4S. The van der Waals surface area contributed by atoms with Crippen LogP contribution in [0.15, 0.2) is 77.7 Å². The van der Waals surface area contributed by atoms with Gasteiger partial charge in [0, 0.05) is 43.5 Å². The van der Waals surface area contributed by atoms with E-state index in [1.54, 1.807) is 30.3 Å². The monoisotopic (exact) mass is 562 g/mol. The number of carbonyl (C=O) groups is 1. The lowest BCUT2D eigenvalue weighted by atomic mass is 9.93. The van der Waals surface area contributed by atoms with Crippen molar-refractivity contribution in [3.05, 3.63) is 89.5 Å². The van der Waals surface area contributed by atoms with Gasteiger partial charge in [-0.3, -0.25) is 9.69 Å². The molecule has 0 radical (unpaired) electrons. The van der Waals surface area contributed by atoms with Crippen LogP contribution in [0.2, 0.25) is 0 Å². The quantitative estimate of drug-likeness (QED) is 0.320. The maximum Gasteiger partial charge on any atom is 0.244 e. The number of rotatable bonds is 11. The number of ether oxygens (including phenoxy) is 1. The fraction of sp³-hybridized carbons (Fsp3) is 0.355. The first-order valence-corrected chi connectivity index (χ1v) is 15.1. The first-order chi connectivity index (χ1) is 19.1. The predicted molar refractivity (Wildman–Crippen MR) is 158 cm³/mol. The summed E-state index contributed by atoms with van der Waals surface area (Å²) in [4.78, 5) is 16.1. The Morgan fingerprint density at radius 1 is 1.02 bits per heavy atom. The second kappa shape index (κ2) is 12.8. The Kier molecular flexibility index (Phi) is 9.40. The molecule has 0 saturated heterocycles. The number of hydrogen-bond donors (Lipinski definition) is 2. The summed E-state index contributed by atoms with van der Waals surface area (Å²) in [7, 11) is -4.09. The smallest absolute Gasteiger partial charge is 0.244 e. The second-order valence-electron chi connectivity index (χ2n) is 10.4. The van der Waals surface area contributed by atoms with Crippen LogP contribution in [0.4, 0.5) is 0 Å². The molecule has 1 unspecified atom stereocenters. The van der Waals surface area contributed by atoms with Crippen LogP contribution in [-0.2, 0) is 21.2 Å². The van der Waals surface area contributed by atoms with Gasteiger partial charge in [0.15, 0.2) is 0 Å². The number of sulfonamides is 1. The zero-order valence-electron chi connectivity index (χ0n) is 23.5. The number of benzene rings is 3. The number of carbonyl (C=O) groups excluding carboxylic acids is 1. The average Bonchev–Trinajstić information content (AvgIpc) is 2.94. The molecule has 8 nitrogen and oxygen atoms in total. The topological polar surface area (TPSA) is 103 Å². The highest BCUT2D eigenvalue weighted by Crippen LogP contribution is 2.37.